The van der Waals surface area contributed by atoms with E-state index in [1.165, 1.54) is 58.3 Å². The van der Waals surface area contributed by atoms with Crippen LogP contribution < -0.4 is 25.8 Å². The van der Waals surface area contributed by atoms with E-state index in [1.807, 2.05) is 30.4 Å². The van der Waals surface area contributed by atoms with E-state index in [0.29, 0.717) is 41.5 Å². The lowest BCUT2D eigenvalue weighted by Crippen LogP contribution is -2.49. The number of imide groups is 1. The summed E-state index contributed by atoms with van der Waals surface area (Å²) < 4.78 is 61.8. The maximum absolute atomic E-state index is 16.3. The van der Waals surface area contributed by atoms with E-state index in [4.69, 9.17) is 4.74 Å². The summed E-state index contributed by atoms with van der Waals surface area (Å²) in [5.74, 6) is -1.93. The van der Waals surface area contributed by atoms with Crippen LogP contribution in [0.25, 0.3) is 21.8 Å². The van der Waals surface area contributed by atoms with Crippen molar-refractivity contribution in [3.63, 3.8) is 0 Å². The highest BCUT2D eigenvalue weighted by molar-refractivity contribution is 7.98. The molecule has 330 valence electrons. The number of anilines is 4. The number of nitriles is 1. The summed E-state index contributed by atoms with van der Waals surface area (Å²) in [7, 11) is 3.63. The van der Waals surface area contributed by atoms with Crippen molar-refractivity contribution < 1.29 is 27.5 Å². The Morgan fingerprint density at radius 2 is 1.78 bits per heavy atom. The molecule has 15 nitrogen and oxygen atoms in total. The second-order valence-corrected chi connectivity index (χ2v) is 18.0. The first-order valence-corrected chi connectivity index (χ1v) is 22.1. The van der Waals surface area contributed by atoms with Crippen LogP contribution in [0.4, 0.5) is 40.8 Å². The molecule has 19 heteroatoms. The van der Waals surface area contributed by atoms with Crippen LogP contribution in [0.5, 0.6) is 0 Å². The standard InChI is InChI=1S/C44H48F3N11O4S/c1-4-54(2)63-53-33-10-9-31(45)40(30(33)22-48)50-35-12-11-34-38(39(35)47)42(60)58(24-49-34)27-21-44(62-23-27)14-17-56(18-15-44)26-7-5-25(6-8-26)28-20-36-29(19-32(28)46)41(52-55(36)3)57-16-13-37(59)51-43(57)61/h9-12,19-20,24-27,50,53H,4-8,13-18,21,23H2,1-3H3,(H,51,59,61). The van der Waals surface area contributed by atoms with Crippen molar-refractivity contribution in [1.82, 2.24) is 33.9 Å². The number of aryl methyl sites for hydroxylation is 1. The minimum absolute atomic E-state index is 0.0417. The third-order valence-corrected chi connectivity index (χ3v) is 14.3. The van der Waals surface area contributed by atoms with Crippen molar-refractivity contribution in [2.75, 3.05) is 54.8 Å². The first-order valence-electron chi connectivity index (χ1n) is 21.4. The molecule has 4 fully saturated rings. The minimum atomic E-state index is -0.893. The van der Waals surface area contributed by atoms with E-state index in [-0.39, 0.29) is 71.1 Å². The van der Waals surface area contributed by atoms with Crippen LogP contribution >= 0.6 is 12.1 Å². The lowest BCUT2D eigenvalue weighted by molar-refractivity contribution is -0.120. The number of piperidine rings is 1. The van der Waals surface area contributed by atoms with Crippen molar-refractivity contribution in [1.29, 1.82) is 5.26 Å². The average Bonchev–Trinajstić information content (AvgIpc) is 3.83. The molecule has 63 heavy (non-hydrogen) atoms. The second-order valence-electron chi connectivity index (χ2n) is 17.0. The molecule has 3 aromatic carbocycles. The SMILES string of the molecule is CCN(C)SNc1ccc(F)c(Nc2ccc3ncn(C4COC5(CCN(C6CCC(c7cc8c(cc7F)c(N7CCC(=O)NC7=O)nn8C)CC6)CC5)C4)c(=O)c3c2F)c1C#N. The molecule has 1 atom stereocenters. The summed E-state index contributed by atoms with van der Waals surface area (Å²) in [6.07, 6.45) is 7.19. The van der Waals surface area contributed by atoms with Gasteiger partial charge in [0.1, 0.15) is 28.7 Å². The number of rotatable bonds is 10. The van der Waals surface area contributed by atoms with Gasteiger partial charge >= 0.3 is 6.03 Å². The van der Waals surface area contributed by atoms with Gasteiger partial charge in [-0.3, -0.25) is 29.1 Å². The van der Waals surface area contributed by atoms with Crippen molar-refractivity contribution >= 4 is 68.8 Å². The van der Waals surface area contributed by atoms with Crippen LogP contribution in [0.15, 0.2) is 47.5 Å². The Morgan fingerprint density at radius 1 is 1.02 bits per heavy atom. The summed E-state index contributed by atoms with van der Waals surface area (Å²) >= 11 is 1.23. The summed E-state index contributed by atoms with van der Waals surface area (Å²) in [6, 6.07) is 10.3. The number of ether oxygens (including phenoxy) is 1. The van der Waals surface area contributed by atoms with E-state index >= 15 is 13.2 Å². The van der Waals surface area contributed by atoms with Gasteiger partial charge in [-0.2, -0.15) is 10.4 Å². The second kappa shape index (κ2) is 17.1. The molecule has 1 saturated carbocycles. The Labute approximate surface area is 365 Å². The molecule has 2 aromatic heterocycles. The molecule has 1 aliphatic carbocycles. The zero-order valence-corrected chi connectivity index (χ0v) is 36.0. The van der Waals surface area contributed by atoms with Crippen LogP contribution in [-0.2, 0) is 16.6 Å². The Bertz CT molecular complexity index is 2720. The number of hydrogen-bond donors (Lipinski definition) is 3. The van der Waals surface area contributed by atoms with Crippen LogP contribution in [0.1, 0.15) is 81.4 Å². The molecule has 3 N–H and O–H groups in total. The van der Waals surface area contributed by atoms with Gasteiger partial charge < -0.3 is 19.7 Å². The monoisotopic (exact) mass is 883 g/mol. The lowest BCUT2D eigenvalue weighted by atomic mass is 9.79. The predicted octanol–water partition coefficient (Wildman–Crippen LogP) is 7.21. The van der Waals surface area contributed by atoms with Gasteiger partial charge in [-0.15, -0.1) is 0 Å². The first kappa shape index (κ1) is 42.6. The van der Waals surface area contributed by atoms with E-state index in [2.05, 4.69) is 30.3 Å². The van der Waals surface area contributed by atoms with Gasteiger partial charge in [-0.25, -0.2) is 27.3 Å². The molecule has 3 aliphatic heterocycles. The number of amides is 3. The number of carbonyl (C=O) groups excluding carboxylic acids is 2. The van der Waals surface area contributed by atoms with Crippen molar-refractivity contribution in [3.8, 4) is 6.07 Å². The summed E-state index contributed by atoms with van der Waals surface area (Å²) in [5.41, 5.74) is 0.461. The van der Waals surface area contributed by atoms with E-state index in [1.54, 1.807) is 11.7 Å². The molecular formula is C44H48F3N11O4S. The lowest BCUT2D eigenvalue weighted by Gasteiger charge is -2.44. The van der Waals surface area contributed by atoms with Gasteiger partial charge in [0.2, 0.25) is 5.91 Å². The predicted molar refractivity (Wildman–Crippen MR) is 234 cm³/mol. The topological polar surface area (TPSA) is 166 Å². The number of likely N-dealkylation sites (tertiary alicyclic amines) is 1. The average molecular weight is 884 g/mol. The number of nitrogens with one attached hydrogen (secondary N) is 3. The summed E-state index contributed by atoms with van der Waals surface area (Å²) in [5, 5.41) is 19.8. The number of carbonyl (C=O) groups is 2. The number of benzene rings is 3. The van der Waals surface area contributed by atoms with Crippen molar-refractivity contribution in [3.05, 3.63) is 81.7 Å². The highest BCUT2D eigenvalue weighted by Crippen LogP contribution is 2.44. The molecule has 9 rings (SSSR count). The van der Waals surface area contributed by atoms with Gasteiger partial charge in [-0.05, 0) is 99.9 Å². The van der Waals surface area contributed by atoms with Gasteiger partial charge in [0.15, 0.2) is 11.6 Å². The van der Waals surface area contributed by atoms with E-state index in [0.717, 1.165) is 57.1 Å². The molecular weight excluding hydrogens is 836 g/mol. The number of fused-ring (bicyclic) bond motifs is 2. The number of hydrogen-bond acceptors (Lipinski definition) is 12. The van der Waals surface area contributed by atoms with Crippen LogP contribution in [0, 0.1) is 28.8 Å². The zero-order chi connectivity index (χ0) is 44.2. The third kappa shape index (κ3) is 7.98. The molecule has 4 aliphatic rings. The van der Waals surface area contributed by atoms with E-state index < -0.39 is 28.8 Å². The normalized spacial score (nSPS) is 21.7. The Hall–Kier alpha value is -5.68. The Kier molecular flexibility index (Phi) is 11.6. The molecule has 3 saturated heterocycles. The number of nitrogens with zero attached hydrogens (tertiary/aromatic N) is 8. The van der Waals surface area contributed by atoms with Gasteiger partial charge in [0, 0.05) is 63.2 Å². The quantitative estimate of drug-likeness (QED) is 0.121. The maximum atomic E-state index is 16.3. The van der Waals surface area contributed by atoms with E-state index in [9.17, 15) is 19.6 Å². The number of halogens is 3. The van der Waals surface area contributed by atoms with Gasteiger partial charge in [0.25, 0.3) is 5.56 Å². The Morgan fingerprint density at radius 3 is 2.51 bits per heavy atom. The summed E-state index contributed by atoms with van der Waals surface area (Å²) in [4.78, 5) is 46.5. The Balaban J connectivity index is 0.839. The minimum Gasteiger partial charge on any atom is -0.373 e. The third-order valence-electron chi connectivity index (χ3n) is 13.4. The maximum Gasteiger partial charge on any atom is 0.329 e. The molecule has 5 aromatic rings. The van der Waals surface area contributed by atoms with Crippen LogP contribution in [-0.4, -0.2) is 92.0 Å². The highest BCUT2D eigenvalue weighted by atomic mass is 32.2. The van der Waals surface area contributed by atoms with Crippen LogP contribution in [0.2, 0.25) is 0 Å². The number of aromatic nitrogens is 4. The summed E-state index contributed by atoms with van der Waals surface area (Å²) in [6.45, 7) is 4.76. The fourth-order valence-electron chi connectivity index (χ4n) is 9.72. The molecule has 1 unspecified atom stereocenters. The highest BCUT2D eigenvalue weighted by Gasteiger charge is 2.45. The number of urea groups is 1. The largest absolute Gasteiger partial charge is 0.373 e. The molecule has 0 bridgehead atoms. The molecule has 1 spiro atoms. The zero-order valence-electron chi connectivity index (χ0n) is 35.2. The molecule has 3 amide bonds. The smallest absolute Gasteiger partial charge is 0.329 e. The van der Waals surface area contributed by atoms with Crippen molar-refractivity contribution in [2.24, 2.45) is 7.05 Å². The van der Waals surface area contributed by atoms with Gasteiger partial charge in [0.05, 0.1) is 52.7 Å². The fraction of sp³-hybridized carbons (Fsp3) is 0.455. The molecule has 0 radical (unpaired) electrons. The fourth-order valence-corrected chi connectivity index (χ4v) is 10.3. The van der Waals surface area contributed by atoms with Gasteiger partial charge in [-0.1, -0.05) is 6.92 Å². The first-order chi connectivity index (χ1) is 30.4. The van der Waals surface area contributed by atoms with Crippen molar-refractivity contribution in [2.45, 2.75) is 81.9 Å². The van der Waals surface area contributed by atoms with Crippen LogP contribution in [0.3, 0.4) is 0 Å². The molecule has 5 heterocycles.